The summed E-state index contributed by atoms with van der Waals surface area (Å²) < 4.78 is 0. The highest BCUT2D eigenvalue weighted by molar-refractivity contribution is 4.76. The van der Waals surface area contributed by atoms with E-state index in [0.29, 0.717) is 6.04 Å². The van der Waals surface area contributed by atoms with E-state index in [4.69, 9.17) is 0 Å². The van der Waals surface area contributed by atoms with E-state index in [0.717, 1.165) is 18.9 Å². The number of nitrogens with one attached hydrogen (secondary N) is 1. The smallest absolute Gasteiger partial charge is 0.0741 e. The molecule has 0 aromatic heterocycles. The highest BCUT2D eigenvalue weighted by atomic mass is 16.3. The van der Waals surface area contributed by atoms with Crippen molar-refractivity contribution >= 4 is 0 Å². The molecule has 0 aromatic carbocycles. The van der Waals surface area contributed by atoms with Gasteiger partial charge in [0.15, 0.2) is 0 Å². The summed E-state index contributed by atoms with van der Waals surface area (Å²) in [6, 6.07) is 0.540. The van der Waals surface area contributed by atoms with Crippen LogP contribution in [0, 0.1) is 5.92 Å². The first-order valence-electron chi connectivity index (χ1n) is 6.99. The molecule has 1 aliphatic carbocycles. The minimum atomic E-state index is -0.540. The predicted octanol–water partition coefficient (Wildman–Crippen LogP) is 3.10. The highest BCUT2D eigenvalue weighted by Gasteiger charge is 2.19. The molecule has 0 bridgehead atoms. The van der Waals surface area contributed by atoms with Gasteiger partial charge in [-0.15, -0.1) is 0 Å². The molecule has 16 heavy (non-hydrogen) atoms. The molecule has 1 aliphatic rings. The maximum atomic E-state index is 9.89. The Morgan fingerprint density at radius 1 is 1.38 bits per heavy atom. The third-order valence-electron chi connectivity index (χ3n) is 4.08. The predicted molar refractivity (Wildman–Crippen MR) is 69.6 cm³/mol. The monoisotopic (exact) mass is 227 g/mol. The van der Waals surface area contributed by atoms with Gasteiger partial charge in [0.05, 0.1) is 5.60 Å². The van der Waals surface area contributed by atoms with Crippen molar-refractivity contribution in [3.63, 3.8) is 0 Å². The molecule has 0 aliphatic heterocycles. The van der Waals surface area contributed by atoms with Gasteiger partial charge < -0.3 is 10.4 Å². The summed E-state index contributed by atoms with van der Waals surface area (Å²) in [6.45, 7) is 6.89. The lowest BCUT2D eigenvalue weighted by atomic mass is 9.98. The van der Waals surface area contributed by atoms with E-state index < -0.39 is 5.60 Å². The van der Waals surface area contributed by atoms with E-state index in [1.165, 1.54) is 38.5 Å². The van der Waals surface area contributed by atoms with Crippen molar-refractivity contribution < 1.29 is 5.11 Å². The topological polar surface area (TPSA) is 32.3 Å². The molecule has 0 amide bonds. The molecule has 2 nitrogen and oxygen atoms in total. The molecular formula is C14H29NO. The molecule has 1 saturated carbocycles. The molecule has 0 heterocycles. The Hall–Kier alpha value is -0.0800. The Labute approximate surface area is 101 Å². The third-order valence-corrected chi connectivity index (χ3v) is 4.08. The second kappa shape index (κ2) is 6.61. The van der Waals surface area contributed by atoms with Crippen LogP contribution in [0.15, 0.2) is 0 Å². The van der Waals surface area contributed by atoms with Crippen molar-refractivity contribution in [2.75, 3.05) is 6.54 Å². The van der Waals surface area contributed by atoms with E-state index in [1.54, 1.807) is 0 Å². The molecule has 0 spiro atoms. The van der Waals surface area contributed by atoms with Crippen LogP contribution in [0.5, 0.6) is 0 Å². The zero-order valence-corrected chi connectivity index (χ0v) is 11.3. The fourth-order valence-electron chi connectivity index (χ4n) is 2.41. The van der Waals surface area contributed by atoms with Crippen LogP contribution >= 0.6 is 0 Å². The van der Waals surface area contributed by atoms with Crippen molar-refractivity contribution in [3.05, 3.63) is 0 Å². The van der Waals surface area contributed by atoms with Crippen LogP contribution in [0.3, 0.4) is 0 Å². The lowest BCUT2D eigenvalue weighted by Crippen LogP contribution is -2.41. The zero-order valence-electron chi connectivity index (χ0n) is 11.3. The fourth-order valence-corrected chi connectivity index (χ4v) is 2.41. The first-order chi connectivity index (χ1) is 7.53. The normalized spacial score (nSPS) is 23.2. The molecule has 2 heteroatoms. The maximum absolute atomic E-state index is 9.89. The van der Waals surface area contributed by atoms with Gasteiger partial charge in [-0.25, -0.2) is 0 Å². The quantitative estimate of drug-likeness (QED) is 0.700. The van der Waals surface area contributed by atoms with Crippen molar-refractivity contribution in [1.29, 1.82) is 0 Å². The van der Waals surface area contributed by atoms with Crippen molar-refractivity contribution in [1.82, 2.24) is 5.32 Å². The van der Waals surface area contributed by atoms with E-state index in [-0.39, 0.29) is 0 Å². The average molecular weight is 227 g/mol. The molecule has 1 rings (SSSR count). The molecule has 0 radical (unpaired) electrons. The number of hydrogen-bond acceptors (Lipinski definition) is 2. The Kier molecular flexibility index (Phi) is 5.77. The average Bonchev–Trinajstić information content (AvgIpc) is 2.76. The van der Waals surface area contributed by atoms with Gasteiger partial charge in [-0.2, -0.15) is 0 Å². The summed E-state index contributed by atoms with van der Waals surface area (Å²) in [5.74, 6) is 0.982. The molecule has 96 valence electrons. The van der Waals surface area contributed by atoms with Crippen molar-refractivity contribution in [2.45, 2.75) is 77.4 Å². The molecular weight excluding hydrogens is 198 g/mol. The molecule has 0 saturated heterocycles. The Bertz CT molecular complexity index is 185. The number of hydrogen-bond donors (Lipinski definition) is 2. The molecule has 2 atom stereocenters. The minimum Gasteiger partial charge on any atom is -0.389 e. The van der Waals surface area contributed by atoms with Crippen LogP contribution in [0.25, 0.3) is 0 Å². The van der Waals surface area contributed by atoms with Crippen LogP contribution < -0.4 is 5.32 Å². The largest absolute Gasteiger partial charge is 0.389 e. The van der Waals surface area contributed by atoms with Gasteiger partial charge in [0.2, 0.25) is 0 Å². The van der Waals surface area contributed by atoms with E-state index in [2.05, 4.69) is 12.2 Å². The van der Waals surface area contributed by atoms with Crippen LogP contribution in [0.2, 0.25) is 0 Å². The summed E-state index contributed by atoms with van der Waals surface area (Å²) in [5, 5.41) is 13.3. The molecule has 1 fully saturated rings. The highest BCUT2D eigenvalue weighted by Crippen LogP contribution is 2.28. The summed E-state index contributed by atoms with van der Waals surface area (Å²) in [7, 11) is 0. The van der Waals surface area contributed by atoms with E-state index in [1.807, 2.05) is 13.8 Å². The second-order valence-electron chi connectivity index (χ2n) is 5.86. The van der Waals surface area contributed by atoms with Gasteiger partial charge in [0, 0.05) is 12.6 Å². The fraction of sp³-hybridized carbons (Fsp3) is 1.00. The first kappa shape index (κ1) is 14.0. The lowest BCUT2D eigenvalue weighted by Gasteiger charge is -2.25. The van der Waals surface area contributed by atoms with Gasteiger partial charge in [0.1, 0.15) is 0 Å². The Morgan fingerprint density at radius 3 is 2.56 bits per heavy atom. The SMILES string of the molecule is CCC(C)(O)CNC(C)CCC1CCCC1. The number of aliphatic hydroxyl groups is 1. The molecule has 2 N–H and O–H groups in total. The second-order valence-corrected chi connectivity index (χ2v) is 5.86. The molecule has 2 unspecified atom stereocenters. The number of rotatable bonds is 7. The van der Waals surface area contributed by atoms with Gasteiger partial charge in [0.25, 0.3) is 0 Å². The maximum Gasteiger partial charge on any atom is 0.0741 e. The van der Waals surface area contributed by atoms with Crippen molar-refractivity contribution in [3.8, 4) is 0 Å². The van der Waals surface area contributed by atoms with E-state index in [9.17, 15) is 5.11 Å². The molecule has 0 aromatic rings. The van der Waals surface area contributed by atoms with Crippen LogP contribution in [-0.4, -0.2) is 23.3 Å². The van der Waals surface area contributed by atoms with Crippen LogP contribution in [0.4, 0.5) is 0 Å². The Morgan fingerprint density at radius 2 is 2.00 bits per heavy atom. The van der Waals surface area contributed by atoms with Crippen LogP contribution in [0.1, 0.15) is 65.7 Å². The van der Waals surface area contributed by atoms with Gasteiger partial charge in [-0.05, 0) is 39.0 Å². The summed E-state index contributed by atoms with van der Waals surface area (Å²) in [4.78, 5) is 0. The minimum absolute atomic E-state index is 0.540. The third kappa shape index (κ3) is 5.31. The van der Waals surface area contributed by atoms with E-state index >= 15 is 0 Å². The van der Waals surface area contributed by atoms with Gasteiger partial charge >= 0.3 is 0 Å². The standard InChI is InChI=1S/C14H29NO/c1-4-14(3,16)11-15-12(2)9-10-13-7-5-6-8-13/h12-13,15-16H,4-11H2,1-3H3. The lowest BCUT2D eigenvalue weighted by molar-refractivity contribution is 0.0529. The summed E-state index contributed by atoms with van der Waals surface area (Å²) in [5.41, 5.74) is -0.540. The van der Waals surface area contributed by atoms with Gasteiger partial charge in [-0.1, -0.05) is 32.6 Å². The summed E-state index contributed by atoms with van der Waals surface area (Å²) in [6.07, 6.45) is 9.20. The zero-order chi connectivity index (χ0) is 12.0. The summed E-state index contributed by atoms with van der Waals surface area (Å²) >= 11 is 0. The van der Waals surface area contributed by atoms with Crippen molar-refractivity contribution in [2.24, 2.45) is 5.92 Å². The van der Waals surface area contributed by atoms with Crippen LogP contribution in [-0.2, 0) is 0 Å². The van der Waals surface area contributed by atoms with Gasteiger partial charge in [-0.3, -0.25) is 0 Å². The Balaban J connectivity index is 2.08. The first-order valence-corrected chi connectivity index (χ1v) is 6.99.